The minimum absolute atomic E-state index is 0.0457. The van der Waals surface area contributed by atoms with Crippen LogP contribution in [0.5, 0.6) is 0 Å². The van der Waals surface area contributed by atoms with E-state index in [0.717, 1.165) is 49.3 Å². The Kier molecular flexibility index (Phi) is 4.88. The molecule has 6 nitrogen and oxygen atoms in total. The van der Waals surface area contributed by atoms with Crippen LogP contribution in [0.1, 0.15) is 59.7 Å². The number of nitrogens with zero attached hydrogens (tertiary/aromatic N) is 4. The van der Waals surface area contributed by atoms with E-state index in [9.17, 15) is 9.59 Å². The molecule has 140 valence electrons. The van der Waals surface area contributed by atoms with Crippen molar-refractivity contribution in [3.63, 3.8) is 0 Å². The molecular weight excluding hydrogens is 340 g/mol. The number of carbonyl (C=O) groups is 2. The molecule has 0 unspecified atom stereocenters. The summed E-state index contributed by atoms with van der Waals surface area (Å²) in [6.45, 7) is 3.59. The molecule has 0 N–H and O–H groups in total. The lowest BCUT2D eigenvalue weighted by atomic mass is 9.99. The van der Waals surface area contributed by atoms with Gasteiger partial charge in [-0.3, -0.25) is 9.59 Å². The maximum atomic E-state index is 13.0. The maximum Gasteiger partial charge on any atom is 0.254 e. The van der Waals surface area contributed by atoms with Crippen LogP contribution < -0.4 is 0 Å². The summed E-state index contributed by atoms with van der Waals surface area (Å²) in [6, 6.07) is 9.34. The van der Waals surface area contributed by atoms with Crippen molar-refractivity contribution in [2.45, 2.75) is 45.2 Å². The van der Waals surface area contributed by atoms with Gasteiger partial charge >= 0.3 is 0 Å². The summed E-state index contributed by atoms with van der Waals surface area (Å²) in [5, 5.41) is 0. The second kappa shape index (κ2) is 7.47. The first-order valence-corrected chi connectivity index (χ1v) is 9.59. The average molecular weight is 364 g/mol. The average Bonchev–Trinajstić information content (AvgIpc) is 2.73. The molecule has 27 heavy (non-hydrogen) atoms. The Balaban J connectivity index is 1.59. The van der Waals surface area contributed by atoms with E-state index in [1.165, 1.54) is 0 Å². The Bertz CT molecular complexity index is 853. The third-order valence-electron chi connectivity index (χ3n) is 5.48. The topological polar surface area (TPSA) is 66.4 Å². The Morgan fingerprint density at radius 1 is 1.11 bits per heavy atom. The zero-order chi connectivity index (χ0) is 18.8. The number of fused-ring (bicyclic) bond motifs is 1. The molecule has 6 heteroatoms. The summed E-state index contributed by atoms with van der Waals surface area (Å²) in [7, 11) is 0. The SMILES string of the molecule is CC(=O)N1CCc2nc([C@H]3CCCCN3C(=O)c3ccccc3)ncc2C1. The predicted molar refractivity (Wildman–Crippen MR) is 101 cm³/mol. The van der Waals surface area contributed by atoms with Crippen molar-refractivity contribution >= 4 is 11.8 Å². The van der Waals surface area contributed by atoms with Crippen LogP contribution in [0, 0.1) is 0 Å². The van der Waals surface area contributed by atoms with Crippen molar-refractivity contribution < 1.29 is 9.59 Å². The van der Waals surface area contributed by atoms with Gasteiger partial charge < -0.3 is 9.80 Å². The summed E-state index contributed by atoms with van der Waals surface area (Å²) in [4.78, 5) is 37.8. The zero-order valence-electron chi connectivity index (χ0n) is 15.6. The van der Waals surface area contributed by atoms with Gasteiger partial charge in [0.1, 0.15) is 0 Å². The van der Waals surface area contributed by atoms with Gasteiger partial charge in [-0.25, -0.2) is 9.97 Å². The molecule has 0 bridgehead atoms. The maximum absolute atomic E-state index is 13.0. The predicted octanol–water partition coefficient (Wildman–Crippen LogP) is 2.75. The van der Waals surface area contributed by atoms with E-state index in [0.29, 0.717) is 18.7 Å². The highest BCUT2D eigenvalue weighted by atomic mass is 16.2. The van der Waals surface area contributed by atoms with Gasteiger partial charge in [0.25, 0.3) is 5.91 Å². The van der Waals surface area contributed by atoms with E-state index in [-0.39, 0.29) is 17.9 Å². The van der Waals surface area contributed by atoms with Crippen molar-refractivity contribution in [3.05, 3.63) is 59.2 Å². The fourth-order valence-electron chi connectivity index (χ4n) is 3.95. The van der Waals surface area contributed by atoms with Crippen LogP contribution in [0.4, 0.5) is 0 Å². The first-order valence-electron chi connectivity index (χ1n) is 9.59. The number of benzene rings is 1. The number of hydrogen-bond donors (Lipinski definition) is 0. The molecular formula is C21H24N4O2. The third-order valence-corrected chi connectivity index (χ3v) is 5.48. The molecule has 0 spiro atoms. The minimum Gasteiger partial charge on any atom is -0.338 e. The molecule has 2 aromatic rings. The second-order valence-corrected chi connectivity index (χ2v) is 7.27. The molecule has 2 aliphatic rings. The molecule has 4 rings (SSSR count). The quantitative estimate of drug-likeness (QED) is 0.822. The molecule has 1 aromatic heterocycles. The number of piperidine rings is 1. The van der Waals surface area contributed by atoms with Crippen molar-refractivity contribution in [1.29, 1.82) is 0 Å². The lowest BCUT2D eigenvalue weighted by Crippen LogP contribution is -2.40. The van der Waals surface area contributed by atoms with Gasteiger partial charge in [0, 0.05) is 50.3 Å². The Labute approximate surface area is 159 Å². The zero-order valence-corrected chi connectivity index (χ0v) is 15.6. The highest BCUT2D eigenvalue weighted by molar-refractivity contribution is 5.94. The Morgan fingerprint density at radius 3 is 2.70 bits per heavy atom. The van der Waals surface area contributed by atoms with E-state index in [2.05, 4.69) is 4.98 Å². The van der Waals surface area contributed by atoms with Crippen LogP contribution in [0.2, 0.25) is 0 Å². The van der Waals surface area contributed by atoms with Crippen LogP contribution in [0.25, 0.3) is 0 Å². The molecule has 1 fully saturated rings. The van der Waals surface area contributed by atoms with E-state index in [1.54, 1.807) is 6.92 Å². The van der Waals surface area contributed by atoms with E-state index in [4.69, 9.17) is 4.98 Å². The standard InChI is InChI=1S/C21H24N4O2/c1-15(26)24-12-10-18-17(14-24)13-22-20(23-18)19-9-5-6-11-25(19)21(27)16-7-3-2-4-8-16/h2-4,7-8,13,19H,5-6,9-12,14H2,1H3/t19-/m1/s1. The number of amides is 2. The van der Waals surface area contributed by atoms with Crippen LogP contribution >= 0.6 is 0 Å². The van der Waals surface area contributed by atoms with Crippen molar-refractivity contribution in [2.24, 2.45) is 0 Å². The van der Waals surface area contributed by atoms with Gasteiger partial charge in [-0.2, -0.15) is 0 Å². The smallest absolute Gasteiger partial charge is 0.254 e. The van der Waals surface area contributed by atoms with E-state index >= 15 is 0 Å². The fraction of sp³-hybridized carbons (Fsp3) is 0.429. The van der Waals surface area contributed by atoms with Gasteiger partial charge in [0.05, 0.1) is 11.7 Å². The molecule has 0 saturated carbocycles. The Morgan fingerprint density at radius 2 is 1.93 bits per heavy atom. The highest BCUT2D eigenvalue weighted by Gasteiger charge is 2.31. The number of rotatable bonds is 2. The highest BCUT2D eigenvalue weighted by Crippen LogP contribution is 2.31. The first-order chi connectivity index (χ1) is 13.1. The molecule has 0 radical (unpaired) electrons. The fourth-order valence-corrected chi connectivity index (χ4v) is 3.95. The first kappa shape index (κ1) is 17.6. The van der Waals surface area contributed by atoms with Gasteiger partial charge in [-0.15, -0.1) is 0 Å². The largest absolute Gasteiger partial charge is 0.338 e. The van der Waals surface area contributed by atoms with Gasteiger partial charge in [-0.05, 0) is 31.4 Å². The van der Waals surface area contributed by atoms with Crippen LogP contribution in [0.3, 0.4) is 0 Å². The number of carbonyl (C=O) groups excluding carboxylic acids is 2. The Hall–Kier alpha value is -2.76. The molecule has 3 heterocycles. The third kappa shape index (κ3) is 3.56. The number of aromatic nitrogens is 2. The molecule has 2 aliphatic heterocycles. The van der Waals surface area contributed by atoms with Crippen LogP contribution in [-0.4, -0.2) is 44.7 Å². The van der Waals surface area contributed by atoms with Crippen LogP contribution in [-0.2, 0) is 17.8 Å². The summed E-state index contributed by atoms with van der Waals surface area (Å²) >= 11 is 0. The second-order valence-electron chi connectivity index (χ2n) is 7.27. The molecule has 1 aromatic carbocycles. The lowest BCUT2D eigenvalue weighted by molar-refractivity contribution is -0.129. The summed E-state index contributed by atoms with van der Waals surface area (Å²) in [5.41, 5.74) is 2.73. The molecule has 1 saturated heterocycles. The van der Waals surface area contributed by atoms with Crippen molar-refractivity contribution in [2.75, 3.05) is 13.1 Å². The number of likely N-dealkylation sites (tertiary alicyclic amines) is 1. The molecule has 1 atom stereocenters. The normalized spacial score (nSPS) is 19.5. The van der Waals surface area contributed by atoms with Crippen LogP contribution in [0.15, 0.2) is 36.5 Å². The van der Waals surface area contributed by atoms with E-state index < -0.39 is 0 Å². The van der Waals surface area contributed by atoms with E-state index in [1.807, 2.05) is 46.3 Å². The van der Waals surface area contributed by atoms with Gasteiger partial charge in [-0.1, -0.05) is 18.2 Å². The minimum atomic E-state index is -0.0809. The lowest BCUT2D eigenvalue weighted by Gasteiger charge is -2.35. The summed E-state index contributed by atoms with van der Waals surface area (Å²) < 4.78 is 0. The molecule has 0 aliphatic carbocycles. The number of hydrogen-bond acceptors (Lipinski definition) is 4. The summed E-state index contributed by atoms with van der Waals surface area (Å²) in [5.74, 6) is 0.857. The summed E-state index contributed by atoms with van der Waals surface area (Å²) in [6.07, 6.45) is 5.54. The van der Waals surface area contributed by atoms with Gasteiger partial charge in [0.2, 0.25) is 5.91 Å². The van der Waals surface area contributed by atoms with Crippen molar-refractivity contribution in [3.8, 4) is 0 Å². The monoisotopic (exact) mass is 364 g/mol. The molecule has 2 amide bonds. The van der Waals surface area contributed by atoms with Crippen molar-refractivity contribution in [1.82, 2.24) is 19.8 Å². The van der Waals surface area contributed by atoms with Gasteiger partial charge in [0.15, 0.2) is 5.82 Å².